The number of carbonyl (C=O) groups is 1. The van der Waals surface area contributed by atoms with Gasteiger partial charge in [-0.05, 0) is 36.6 Å². The molecule has 0 spiro atoms. The van der Waals surface area contributed by atoms with Gasteiger partial charge in [-0.3, -0.25) is 4.79 Å². The molecule has 0 atom stereocenters. The highest BCUT2D eigenvalue weighted by atomic mass is 16.5. The Morgan fingerprint density at radius 1 is 1.16 bits per heavy atom. The van der Waals surface area contributed by atoms with Crippen LogP contribution in [0.4, 0.5) is 5.69 Å². The number of para-hydroxylation sites is 3. The van der Waals surface area contributed by atoms with Gasteiger partial charge in [0.1, 0.15) is 19.0 Å². The molecule has 4 rings (SSSR count). The van der Waals surface area contributed by atoms with Crippen LogP contribution in [-0.2, 0) is 29.1 Å². The molecule has 1 aliphatic heterocycles. The number of amides is 1. The third kappa shape index (κ3) is 2.91. The van der Waals surface area contributed by atoms with Gasteiger partial charge < -0.3 is 14.2 Å². The maximum absolute atomic E-state index is 13.1. The quantitative estimate of drug-likeness (QED) is 0.736. The van der Waals surface area contributed by atoms with E-state index >= 15 is 0 Å². The van der Waals surface area contributed by atoms with Gasteiger partial charge in [0.2, 0.25) is 5.91 Å². The summed E-state index contributed by atoms with van der Waals surface area (Å²) in [6.07, 6.45) is 2.03. The Kier molecular flexibility index (Phi) is 4.24. The van der Waals surface area contributed by atoms with E-state index in [1.807, 2.05) is 51.9 Å². The summed E-state index contributed by atoms with van der Waals surface area (Å²) < 4.78 is 7.24. The average Bonchev–Trinajstić information content (AvgIpc) is 2.99. The molecule has 1 aromatic heterocycles. The molecule has 0 unspecified atom stereocenters. The molecule has 0 aliphatic carbocycles. The molecule has 0 saturated carbocycles. The number of aryl methyl sites for hydroxylation is 1. The monoisotopic (exact) mass is 335 g/mol. The van der Waals surface area contributed by atoms with Crippen molar-refractivity contribution in [1.82, 2.24) is 9.55 Å². The Balaban J connectivity index is 1.68. The predicted octanol–water partition coefficient (Wildman–Crippen LogP) is 3.16. The minimum atomic E-state index is 0.0904. The van der Waals surface area contributed by atoms with Crippen molar-refractivity contribution in [2.75, 3.05) is 18.6 Å². The second-order valence-electron chi connectivity index (χ2n) is 6.31. The van der Waals surface area contributed by atoms with Gasteiger partial charge in [0.25, 0.3) is 0 Å². The van der Waals surface area contributed by atoms with Gasteiger partial charge in [-0.1, -0.05) is 30.3 Å². The summed E-state index contributed by atoms with van der Waals surface area (Å²) in [5.41, 5.74) is 4.14. The lowest BCUT2D eigenvalue weighted by molar-refractivity contribution is -0.119. The first-order valence-corrected chi connectivity index (χ1v) is 8.59. The largest absolute Gasteiger partial charge is 0.377 e. The van der Waals surface area contributed by atoms with E-state index in [0.29, 0.717) is 6.61 Å². The summed E-state index contributed by atoms with van der Waals surface area (Å²) >= 11 is 0. The van der Waals surface area contributed by atoms with Crippen molar-refractivity contribution >= 4 is 22.6 Å². The van der Waals surface area contributed by atoms with Crippen molar-refractivity contribution in [1.29, 1.82) is 0 Å². The van der Waals surface area contributed by atoms with Crippen LogP contribution in [0.25, 0.3) is 11.0 Å². The van der Waals surface area contributed by atoms with Crippen molar-refractivity contribution in [3.05, 3.63) is 59.9 Å². The van der Waals surface area contributed by atoms with Crippen molar-refractivity contribution in [2.24, 2.45) is 0 Å². The fraction of sp³-hybridized carbons (Fsp3) is 0.300. The van der Waals surface area contributed by atoms with Gasteiger partial charge >= 0.3 is 0 Å². The zero-order valence-corrected chi connectivity index (χ0v) is 14.3. The minimum Gasteiger partial charge on any atom is -0.377 e. The number of rotatable bonds is 4. The molecule has 2 aromatic carbocycles. The Morgan fingerprint density at radius 3 is 2.84 bits per heavy atom. The molecule has 5 nitrogen and oxygen atoms in total. The molecule has 1 aliphatic rings. The van der Waals surface area contributed by atoms with E-state index in [1.165, 1.54) is 5.56 Å². The van der Waals surface area contributed by atoms with E-state index in [0.717, 1.165) is 41.9 Å². The number of benzene rings is 2. The lowest BCUT2D eigenvalue weighted by Crippen LogP contribution is -2.38. The highest BCUT2D eigenvalue weighted by Crippen LogP contribution is 2.27. The zero-order chi connectivity index (χ0) is 17.2. The predicted molar refractivity (Wildman–Crippen MR) is 97.6 cm³/mol. The van der Waals surface area contributed by atoms with Crippen LogP contribution in [0, 0.1) is 0 Å². The molecular formula is C20H21N3O2. The second kappa shape index (κ2) is 6.69. The van der Waals surface area contributed by atoms with E-state index in [1.54, 1.807) is 7.11 Å². The second-order valence-corrected chi connectivity index (χ2v) is 6.31. The molecule has 0 N–H and O–H groups in total. The van der Waals surface area contributed by atoms with Crippen LogP contribution in [0.5, 0.6) is 0 Å². The summed E-state index contributed by atoms with van der Waals surface area (Å²) in [6, 6.07) is 16.1. The number of methoxy groups -OCH3 is 1. The van der Waals surface area contributed by atoms with E-state index in [4.69, 9.17) is 4.74 Å². The summed E-state index contributed by atoms with van der Waals surface area (Å²) in [4.78, 5) is 19.6. The maximum atomic E-state index is 13.1. The number of imidazole rings is 1. The molecule has 128 valence electrons. The molecule has 1 amide bonds. The van der Waals surface area contributed by atoms with Crippen LogP contribution in [-0.4, -0.2) is 29.1 Å². The summed E-state index contributed by atoms with van der Waals surface area (Å²) in [5.74, 6) is 0.870. The molecule has 0 fully saturated rings. The van der Waals surface area contributed by atoms with E-state index in [-0.39, 0.29) is 12.5 Å². The van der Waals surface area contributed by atoms with Crippen LogP contribution in [0.1, 0.15) is 17.8 Å². The maximum Gasteiger partial charge on any atom is 0.246 e. The molecule has 0 bridgehead atoms. The highest BCUT2D eigenvalue weighted by Gasteiger charge is 2.23. The SMILES string of the molecule is COCc1nc2ccccc2n1CC(=O)N1CCCc2ccccc21. The summed E-state index contributed by atoms with van der Waals surface area (Å²) in [5, 5.41) is 0. The molecule has 2 heterocycles. The Labute approximate surface area is 146 Å². The number of nitrogens with zero attached hydrogens (tertiary/aromatic N) is 3. The topological polar surface area (TPSA) is 47.4 Å². The lowest BCUT2D eigenvalue weighted by atomic mass is 10.0. The van der Waals surface area contributed by atoms with Gasteiger partial charge in [0.05, 0.1) is 11.0 Å². The zero-order valence-electron chi connectivity index (χ0n) is 14.3. The number of fused-ring (bicyclic) bond motifs is 2. The van der Waals surface area contributed by atoms with Gasteiger partial charge in [-0.15, -0.1) is 0 Å². The van der Waals surface area contributed by atoms with Crippen molar-refractivity contribution in [2.45, 2.75) is 26.0 Å². The Morgan fingerprint density at radius 2 is 1.96 bits per heavy atom. The molecule has 25 heavy (non-hydrogen) atoms. The number of anilines is 1. The standard InChI is InChI=1S/C20H21N3O2/c1-25-14-19-21-16-9-3-5-11-18(16)23(19)13-20(24)22-12-6-8-15-7-2-4-10-17(15)22/h2-5,7,9-11H,6,8,12-14H2,1H3. The molecule has 3 aromatic rings. The van der Waals surface area contributed by atoms with E-state index in [9.17, 15) is 4.79 Å². The first kappa shape index (κ1) is 15.8. The first-order chi connectivity index (χ1) is 12.3. The van der Waals surface area contributed by atoms with Gasteiger partial charge in [-0.25, -0.2) is 4.98 Å². The Bertz CT molecular complexity index is 916. The van der Waals surface area contributed by atoms with Crippen molar-refractivity contribution in [3.8, 4) is 0 Å². The van der Waals surface area contributed by atoms with Crippen molar-refractivity contribution in [3.63, 3.8) is 0 Å². The molecule has 0 saturated heterocycles. The summed E-state index contributed by atoms with van der Waals surface area (Å²) in [7, 11) is 1.65. The minimum absolute atomic E-state index is 0.0904. The number of carbonyl (C=O) groups excluding carboxylic acids is 1. The lowest BCUT2D eigenvalue weighted by Gasteiger charge is -2.29. The fourth-order valence-corrected chi connectivity index (χ4v) is 3.55. The smallest absolute Gasteiger partial charge is 0.246 e. The van der Waals surface area contributed by atoms with E-state index < -0.39 is 0 Å². The van der Waals surface area contributed by atoms with Gasteiger partial charge in [-0.2, -0.15) is 0 Å². The van der Waals surface area contributed by atoms with Crippen LogP contribution in [0.15, 0.2) is 48.5 Å². The highest BCUT2D eigenvalue weighted by molar-refractivity contribution is 5.95. The van der Waals surface area contributed by atoms with E-state index in [2.05, 4.69) is 11.1 Å². The third-order valence-electron chi connectivity index (χ3n) is 4.71. The molecule has 5 heteroatoms. The number of hydrogen-bond donors (Lipinski definition) is 0. The van der Waals surface area contributed by atoms with Crippen LogP contribution in [0.3, 0.4) is 0 Å². The van der Waals surface area contributed by atoms with Crippen LogP contribution >= 0.6 is 0 Å². The first-order valence-electron chi connectivity index (χ1n) is 8.59. The normalized spacial score (nSPS) is 13.9. The average molecular weight is 335 g/mol. The third-order valence-corrected chi connectivity index (χ3v) is 4.71. The fourth-order valence-electron chi connectivity index (χ4n) is 3.55. The molecule has 0 radical (unpaired) electrons. The number of hydrogen-bond acceptors (Lipinski definition) is 3. The molecular weight excluding hydrogens is 314 g/mol. The number of aromatic nitrogens is 2. The van der Waals surface area contributed by atoms with Gasteiger partial charge in [0.15, 0.2) is 0 Å². The van der Waals surface area contributed by atoms with Crippen molar-refractivity contribution < 1.29 is 9.53 Å². The Hall–Kier alpha value is -2.66. The summed E-state index contributed by atoms with van der Waals surface area (Å²) in [6.45, 7) is 1.42. The number of ether oxygens (including phenoxy) is 1. The van der Waals surface area contributed by atoms with Gasteiger partial charge in [0, 0.05) is 19.3 Å². The van der Waals surface area contributed by atoms with Crippen LogP contribution in [0.2, 0.25) is 0 Å². The van der Waals surface area contributed by atoms with Crippen LogP contribution < -0.4 is 4.90 Å².